The maximum atomic E-state index is 13.7. The molecule has 0 aliphatic heterocycles. The van der Waals surface area contributed by atoms with Gasteiger partial charge in [-0.05, 0) is 38.6 Å². The maximum Gasteiger partial charge on any atom is 0.308 e. The van der Waals surface area contributed by atoms with Crippen molar-refractivity contribution in [1.82, 2.24) is 5.32 Å². The van der Waals surface area contributed by atoms with E-state index >= 15 is 0 Å². The molecule has 33 heavy (non-hydrogen) atoms. The van der Waals surface area contributed by atoms with Crippen molar-refractivity contribution in [2.24, 2.45) is 11.8 Å². The van der Waals surface area contributed by atoms with Gasteiger partial charge in [0.15, 0.2) is 0 Å². The first-order valence-electron chi connectivity index (χ1n) is 11.3. The van der Waals surface area contributed by atoms with Gasteiger partial charge in [0.05, 0.1) is 11.8 Å². The van der Waals surface area contributed by atoms with Crippen molar-refractivity contribution in [3.63, 3.8) is 0 Å². The third-order valence-electron chi connectivity index (χ3n) is 7.36. The Bertz CT molecular complexity index is 1360. The van der Waals surface area contributed by atoms with Gasteiger partial charge in [-0.3, -0.25) is 9.59 Å². The molecule has 4 heteroatoms. The highest BCUT2D eigenvalue weighted by Gasteiger charge is 2.55. The van der Waals surface area contributed by atoms with Gasteiger partial charge in [-0.1, -0.05) is 91.0 Å². The van der Waals surface area contributed by atoms with E-state index in [0.29, 0.717) is 6.54 Å². The summed E-state index contributed by atoms with van der Waals surface area (Å²) in [6.07, 6.45) is 0. The highest BCUT2D eigenvalue weighted by Crippen LogP contribution is 2.58. The summed E-state index contributed by atoms with van der Waals surface area (Å²) in [4.78, 5) is 26.2. The fourth-order valence-electron chi connectivity index (χ4n) is 6.04. The SMILES string of the molecule is O=C(O)[C@@H]1C2c3ccccc3C(c3ccccc32)[C@@H]1C(=O)NCc1cccc2ccccc12. The van der Waals surface area contributed by atoms with Crippen molar-refractivity contribution in [2.45, 2.75) is 18.4 Å². The predicted molar refractivity (Wildman–Crippen MR) is 127 cm³/mol. The maximum absolute atomic E-state index is 13.7. The van der Waals surface area contributed by atoms with Crippen LogP contribution in [0.2, 0.25) is 0 Å². The third kappa shape index (κ3) is 2.98. The number of hydrogen-bond acceptors (Lipinski definition) is 2. The van der Waals surface area contributed by atoms with Crippen molar-refractivity contribution in [3.8, 4) is 0 Å². The number of carboxylic acids is 1. The fraction of sp³-hybridized carbons (Fsp3) is 0.172. The topological polar surface area (TPSA) is 66.4 Å². The number of carboxylic acid groups (broad SMARTS) is 1. The zero-order valence-corrected chi connectivity index (χ0v) is 17.9. The van der Waals surface area contributed by atoms with E-state index in [-0.39, 0.29) is 17.7 Å². The monoisotopic (exact) mass is 433 g/mol. The number of hydrogen-bond donors (Lipinski definition) is 2. The van der Waals surface area contributed by atoms with E-state index in [2.05, 4.69) is 17.4 Å². The van der Waals surface area contributed by atoms with Gasteiger partial charge in [-0.15, -0.1) is 0 Å². The number of benzene rings is 4. The Hall–Kier alpha value is -3.92. The van der Waals surface area contributed by atoms with Crippen LogP contribution in [0, 0.1) is 11.8 Å². The molecule has 2 atom stereocenters. The zero-order valence-electron chi connectivity index (χ0n) is 17.9. The second-order valence-corrected chi connectivity index (χ2v) is 8.96. The van der Waals surface area contributed by atoms with Crippen LogP contribution in [0.4, 0.5) is 0 Å². The molecule has 0 aromatic heterocycles. The Morgan fingerprint density at radius 3 is 1.79 bits per heavy atom. The number of carbonyl (C=O) groups is 2. The summed E-state index contributed by atoms with van der Waals surface area (Å²) in [5.41, 5.74) is 5.24. The lowest BCUT2D eigenvalue weighted by molar-refractivity contribution is -0.149. The molecule has 0 unspecified atom stereocenters. The quantitative estimate of drug-likeness (QED) is 0.473. The lowest BCUT2D eigenvalue weighted by Gasteiger charge is -2.48. The minimum absolute atomic E-state index is 0.200. The highest BCUT2D eigenvalue weighted by atomic mass is 16.4. The summed E-state index contributed by atoms with van der Waals surface area (Å²) >= 11 is 0. The van der Waals surface area contributed by atoms with Crippen molar-refractivity contribution in [3.05, 3.63) is 119 Å². The van der Waals surface area contributed by atoms with Gasteiger partial charge in [0.25, 0.3) is 0 Å². The van der Waals surface area contributed by atoms with Crippen LogP contribution in [0.15, 0.2) is 91.0 Å². The van der Waals surface area contributed by atoms with Gasteiger partial charge in [0.2, 0.25) is 5.91 Å². The normalized spacial score (nSPS) is 22.4. The average molecular weight is 434 g/mol. The van der Waals surface area contributed by atoms with Crippen LogP contribution in [0.5, 0.6) is 0 Å². The number of carbonyl (C=O) groups excluding carboxylic acids is 1. The van der Waals surface area contributed by atoms with Crippen LogP contribution in [-0.2, 0) is 16.1 Å². The Kier molecular flexibility index (Phi) is 4.54. The molecule has 4 nitrogen and oxygen atoms in total. The summed E-state index contributed by atoms with van der Waals surface area (Å²) in [5, 5.41) is 15.6. The van der Waals surface area contributed by atoms with Crippen molar-refractivity contribution >= 4 is 22.6 Å². The lowest BCUT2D eigenvalue weighted by atomic mass is 9.54. The van der Waals surface area contributed by atoms with E-state index in [9.17, 15) is 14.7 Å². The first-order valence-corrected chi connectivity index (χ1v) is 11.3. The first kappa shape index (κ1) is 19.7. The van der Waals surface area contributed by atoms with E-state index in [0.717, 1.165) is 38.6 Å². The van der Waals surface area contributed by atoms with Crippen LogP contribution in [0.1, 0.15) is 39.7 Å². The molecule has 2 bridgehead atoms. The molecule has 162 valence electrons. The van der Waals surface area contributed by atoms with Crippen LogP contribution in [0.3, 0.4) is 0 Å². The molecular weight excluding hydrogens is 410 g/mol. The van der Waals surface area contributed by atoms with Crippen molar-refractivity contribution < 1.29 is 14.7 Å². The van der Waals surface area contributed by atoms with E-state index in [1.807, 2.05) is 78.9 Å². The largest absolute Gasteiger partial charge is 0.481 e. The molecule has 2 N–H and O–H groups in total. The molecule has 4 aromatic carbocycles. The van der Waals surface area contributed by atoms with Gasteiger partial charge in [-0.2, -0.15) is 0 Å². The Balaban J connectivity index is 1.40. The fourth-order valence-corrected chi connectivity index (χ4v) is 6.04. The van der Waals surface area contributed by atoms with Crippen LogP contribution >= 0.6 is 0 Å². The van der Waals surface area contributed by atoms with Gasteiger partial charge in [0.1, 0.15) is 0 Å². The second-order valence-electron chi connectivity index (χ2n) is 8.96. The second kappa shape index (κ2) is 7.59. The molecule has 0 fully saturated rings. The summed E-state index contributed by atoms with van der Waals surface area (Å²) in [5.74, 6) is -3.17. The molecule has 0 heterocycles. The minimum Gasteiger partial charge on any atom is -0.481 e. The molecule has 0 saturated heterocycles. The average Bonchev–Trinajstić information content (AvgIpc) is 2.86. The summed E-state index contributed by atoms with van der Waals surface area (Å²) in [6.45, 7) is 0.365. The molecule has 4 aromatic rings. The first-order chi connectivity index (χ1) is 16.1. The van der Waals surface area contributed by atoms with Crippen LogP contribution in [0.25, 0.3) is 10.8 Å². The van der Waals surface area contributed by atoms with E-state index in [1.54, 1.807) is 0 Å². The van der Waals surface area contributed by atoms with Gasteiger partial charge >= 0.3 is 5.97 Å². The van der Waals surface area contributed by atoms with Crippen LogP contribution < -0.4 is 5.32 Å². The molecule has 1 amide bonds. The number of amides is 1. The molecule has 3 aliphatic rings. The lowest BCUT2D eigenvalue weighted by Crippen LogP contribution is -2.50. The summed E-state index contributed by atoms with van der Waals surface area (Å²) in [6, 6.07) is 30.1. The minimum atomic E-state index is -0.917. The van der Waals surface area contributed by atoms with E-state index in [1.165, 1.54) is 0 Å². The number of rotatable bonds is 4. The molecule has 7 rings (SSSR count). The molecule has 3 aliphatic carbocycles. The van der Waals surface area contributed by atoms with E-state index in [4.69, 9.17) is 0 Å². The predicted octanol–water partition coefficient (Wildman–Crippen LogP) is 5.06. The number of aliphatic carboxylic acids is 1. The van der Waals surface area contributed by atoms with Gasteiger partial charge in [0, 0.05) is 18.4 Å². The van der Waals surface area contributed by atoms with Gasteiger partial charge < -0.3 is 10.4 Å². The third-order valence-corrected chi connectivity index (χ3v) is 7.36. The molecular formula is C29H23NO3. The molecule has 0 radical (unpaired) electrons. The van der Waals surface area contributed by atoms with Gasteiger partial charge in [-0.25, -0.2) is 0 Å². The Morgan fingerprint density at radius 2 is 1.18 bits per heavy atom. The van der Waals surface area contributed by atoms with E-state index < -0.39 is 17.8 Å². The number of nitrogens with one attached hydrogen (secondary N) is 1. The highest BCUT2D eigenvalue weighted by molar-refractivity contribution is 5.90. The Labute approximate surface area is 191 Å². The Morgan fingerprint density at radius 1 is 0.667 bits per heavy atom. The molecule has 0 spiro atoms. The summed E-state index contributed by atoms with van der Waals surface area (Å²) < 4.78 is 0. The van der Waals surface area contributed by atoms with Crippen molar-refractivity contribution in [1.29, 1.82) is 0 Å². The number of fused-ring (bicyclic) bond motifs is 2. The van der Waals surface area contributed by atoms with Crippen LogP contribution in [-0.4, -0.2) is 17.0 Å². The molecule has 0 saturated carbocycles. The van der Waals surface area contributed by atoms with Crippen molar-refractivity contribution in [2.75, 3.05) is 0 Å². The smallest absolute Gasteiger partial charge is 0.308 e. The standard InChI is InChI=1S/C29H23NO3/c31-28(30-16-18-10-7-9-17-8-1-2-11-19(17)18)26-24-20-12-3-5-14-22(20)25(27(26)29(32)33)23-15-6-4-13-21(23)24/h1-15,24-27H,16H2,(H,30,31)(H,32,33)/t24?,25?,26-,27+/m0/s1. The summed E-state index contributed by atoms with van der Waals surface area (Å²) in [7, 11) is 0. The zero-order chi connectivity index (χ0) is 22.5.